The fourth-order valence-electron chi connectivity index (χ4n) is 3.84. The largest absolute Gasteiger partial charge is 0.355 e. The summed E-state index contributed by atoms with van der Waals surface area (Å²) in [5.41, 5.74) is 4.35. The van der Waals surface area contributed by atoms with Gasteiger partial charge in [0.1, 0.15) is 5.56 Å². The minimum atomic E-state index is -0.333. The minimum Gasteiger partial charge on any atom is -0.355 e. The van der Waals surface area contributed by atoms with Gasteiger partial charge in [0.15, 0.2) is 11.5 Å². The summed E-state index contributed by atoms with van der Waals surface area (Å²) in [6.07, 6.45) is 1.40. The Balaban J connectivity index is 1.33. The number of carbonyl (C=O) groups excluding carboxylic acids is 2. The predicted molar refractivity (Wildman–Crippen MR) is 130 cm³/mol. The van der Waals surface area contributed by atoms with E-state index in [2.05, 4.69) is 20.9 Å². The lowest BCUT2D eigenvalue weighted by atomic mass is 10.1. The molecule has 3 aromatic carbocycles. The molecular formula is C26H21N5O3. The molecule has 8 heteroatoms. The Bertz CT molecular complexity index is 1520. The summed E-state index contributed by atoms with van der Waals surface area (Å²) in [5, 5.41) is 14.7. The molecule has 0 unspecified atom stereocenters. The third-order valence-corrected chi connectivity index (χ3v) is 5.56. The number of nitrogens with one attached hydrogen (secondary N) is 2. The van der Waals surface area contributed by atoms with Crippen molar-refractivity contribution in [2.75, 3.05) is 10.6 Å². The fourth-order valence-corrected chi connectivity index (χ4v) is 3.84. The zero-order chi connectivity index (χ0) is 23.7. The fraction of sp³-hybridized carbons (Fsp3) is 0.0769. The van der Waals surface area contributed by atoms with Gasteiger partial charge >= 0.3 is 0 Å². The van der Waals surface area contributed by atoms with Gasteiger partial charge in [-0.05, 0) is 36.8 Å². The standard InChI is InChI=1S/C26H21N5O3/c1-16-14-18(28-26(33)23-19-10-6-7-11-22(19)31(2)30-23)12-13-21(16)29-25(32)20-15-27-34-24(20)17-8-4-3-5-9-17/h3-15H,1-2H3,(H,28,33)(H,29,32). The minimum absolute atomic E-state index is 0.301. The van der Waals surface area contributed by atoms with Gasteiger partial charge in [-0.2, -0.15) is 5.10 Å². The molecule has 0 radical (unpaired) electrons. The van der Waals surface area contributed by atoms with Crippen LogP contribution < -0.4 is 10.6 Å². The van der Waals surface area contributed by atoms with Crippen LogP contribution >= 0.6 is 0 Å². The summed E-state index contributed by atoms with van der Waals surface area (Å²) in [5.74, 6) is -0.230. The van der Waals surface area contributed by atoms with Gasteiger partial charge in [0.25, 0.3) is 11.8 Å². The van der Waals surface area contributed by atoms with E-state index in [4.69, 9.17) is 4.52 Å². The highest BCUT2D eigenvalue weighted by Crippen LogP contribution is 2.26. The summed E-state index contributed by atoms with van der Waals surface area (Å²) in [7, 11) is 1.81. The molecule has 2 N–H and O–H groups in total. The molecule has 168 valence electrons. The zero-order valence-corrected chi connectivity index (χ0v) is 18.6. The molecule has 0 aliphatic carbocycles. The topological polar surface area (TPSA) is 102 Å². The second kappa shape index (κ2) is 8.67. The van der Waals surface area contributed by atoms with Crippen LogP contribution in [0.25, 0.3) is 22.2 Å². The molecule has 2 amide bonds. The van der Waals surface area contributed by atoms with Crippen molar-refractivity contribution in [1.29, 1.82) is 0 Å². The van der Waals surface area contributed by atoms with Gasteiger partial charge in [0, 0.05) is 29.4 Å². The monoisotopic (exact) mass is 451 g/mol. The summed E-state index contributed by atoms with van der Waals surface area (Å²) in [6, 6.07) is 22.2. The van der Waals surface area contributed by atoms with E-state index < -0.39 is 0 Å². The first kappa shape index (κ1) is 21.1. The number of anilines is 2. The van der Waals surface area contributed by atoms with E-state index in [9.17, 15) is 9.59 Å². The highest BCUT2D eigenvalue weighted by Gasteiger charge is 2.19. The van der Waals surface area contributed by atoms with Crippen molar-refractivity contribution in [2.24, 2.45) is 7.05 Å². The Morgan fingerprint density at radius 1 is 0.912 bits per heavy atom. The van der Waals surface area contributed by atoms with Crippen LogP contribution in [0, 0.1) is 6.92 Å². The highest BCUT2D eigenvalue weighted by molar-refractivity contribution is 6.11. The van der Waals surface area contributed by atoms with Crippen molar-refractivity contribution < 1.29 is 14.1 Å². The first-order chi connectivity index (χ1) is 16.5. The maximum Gasteiger partial charge on any atom is 0.276 e. The molecule has 0 fully saturated rings. The Morgan fingerprint density at radius 3 is 2.47 bits per heavy atom. The normalized spacial score (nSPS) is 10.9. The van der Waals surface area contributed by atoms with Gasteiger partial charge in [-0.3, -0.25) is 14.3 Å². The molecule has 34 heavy (non-hydrogen) atoms. The molecular weight excluding hydrogens is 430 g/mol. The van der Waals surface area contributed by atoms with Crippen molar-refractivity contribution in [3.63, 3.8) is 0 Å². The van der Waals surface area contributed by atoms with E-state index >= 15 is 0 Å². The number of aryl methyl sites for hydroxylation is 2. The predicted octanol–water partition coefficient (Wildman–Crippen LogP) is 5.04. The number of hydrogen-bond donors (Lipinski definition) is 2. The molecule has 0 aliphatic rings. The van der Waals surface area contributed by atoms with E-state index in [1.807, 2.05) is 61.5 Å². The van der Waals surface area contributed by atoms with Crippen molar-refractivity contribution >= 4 is 34.1 Å². The van der Waals surface area contributed by atoms with E-state index in [-0.39, 0.29) is 11.8 Å². The van der Waals surface area contributed by atoms with E-state index in [1.165, 1.54) is 6.20 Å². The van der Waals surface area contributed by atoms with Crippen molar-refractivity contribution in [3.05, 3.63) is 95.8 Å². The Kier molecular flexibility index (Phi) is 5.39. The number of aromatic nitrogens is 3. The van der Waals surface area contributed by atoms with Crippen LogP contribution in [0.5, 0.6) is 0 Å². The molecule has 2 heterocycles. The van der Waals surface area contributed by atoms with E-state index in [0.29, 0.717) is 28.4 Å². The Morgan fingerprint density at radius 2 is 1.68 bits per heavy atom. The lowest BCUT2D eigenvalue weighted by molar-refractivity contribution is 0.101. The van der Waals surface area contributed by atoms with Gasteiger partial charge in [0.2, 0.25) is 0 Å². The third kappa shape index (κ3) is 3.93. The van der Waals surface area contributed by atoms with Crippen molar-refractivity contribution in [3.8, 4) is 11.3 Å². The molecule has 0 saturated carbocycles. The van der Waals surface area contributed by atoms with Crippen LogP contribution in [0.15, 0.2) is 83.5 Å². The van der Waals surface area contributed by atoms with Gasteiger partial charge < -0.3 is 15.2 Å². The number of nitrogens with zero attached hydrogens (tertiary/aromatic N) is 3. The second-order valence-electron chi connectivity index (χ2n) is 7.86. The summed E-state index contributed by atoms with van der Waals surface area (Å²) < 4.78 is 6.99. The molecule has 0 bridgehead atoms. The lowest BCUT2D eigenvalue weighted by Crippen LogP contribution is -2.15. The number of benzene rings is 3. The van der Waals surface area contributed by atoms with Crippen LogP contribution in [0.4, 0.5) is 11.4 Å². The Labute approximate surface area is 195 Å². The number of hydrogen-bond acceptors (Lipinski definition) is 5. The summed E-state index contributed by atoms with van der Waals surface area (Å²) >= 11 is 0. The van der Waals surface area contributed by atoms with Gasteiger partial charge in [0.05, 0.1) is 11.7 Å². The van der Waals surface area contributed by atoms with Crippen LogP contribution in [0.3, 0.4) is 0 Å². The molecule has 8 nitrogen and oxygen atoms in total. The number of fused-ring (bicyclic) bond motifs is 1. The third-order valence-electron chi connectivity index (χ3n) is 5.56. The molecule has 2 aromatic heterocycles. The smallest absolute Gasteiger partial charge is 0.276 e. The average molecular weight is 451 g/mol. The van der Waals surface area contributed by atoms with E-state index in [0.717, 1.165) is 22.0 Å². The molecule has 0 saturated heterocycles. The van der Waals surface area contributed by atoms with Gasteiger partial charge in [-0.25, -0.2) is 0 Å². The van der Waals surface area contributed by atoms with Crippen LogP contribution in [-0.4, -0.2) is 26.8 Å². The maximum atomic E-state index is 12.9. The first-order valence-corrected chi connectivity index (χ1v) is 10.7. The van der Waals surface area contributed by atoms with Crippen molar-refractivity contribution in [1.82, 2.24) is 14.9 Å². The quantitative estimate of drug-likeness (QED) is 0.390. The molecule has 0 aliphatic heterocycles. The summed E-state index contributed by atoms with van der Waals surface area (Å²) in [6.45, 7) is 1.85. The van der Waals surface area contributed by atoms with Gasteiger partial charge in [-0.15, -0.1) is 0 Å². The van der Waals surface area contributed by atoms with Crippen molar-refractivity contribution in [2.45, 2.75) is 6.92 Å². The number of amides is 2. The molecule has 0 spiro atoms. The molecule has 0 atom stereocenters. The number of rotatable bonds is 5. The van der Waals surface area contributed by atoms with Gasteiger partial charge in [-0.1, -0.05) is 53.7 Å². The Hall–Kier alpha value is -4.72. The highest BCUT2D eigenvalue weighted by atomic mass is 16.5. The van der Waals surface area contributed by atoms with Crippen LogP contribution in [-0.2, 0) is 7.05 Å². The average Bonchev–Trinajstić information content (AvgIpc) is 3.47. The molecule has 5 aromatic rings. The van der Waals surface area contributed by atoms with E-state index in [1.54, 1.807) is 29.9 Å². The number of carbonyl (C=O) groups is 2. The van der Waals surface area contributed by atoms with Crippen LogP contribution in [0.2, 0.25) is 0 Å². The summed E-state index contributed by atoms with van der Waals surface area (Å²) in [4.78, 5) is 25.8. The SMILES string of the molecule is Cc1cc(NC(=O)c2nn(C)c3ccccc23)ccc1NC(=O)c1cnoc1-c1ccccc1. The second-order valence-corrected chi connectivity index (χ2v) is 7.86. The maximum absolute atomic E-state index is 12.9. The lowest BCUT2D eigenvalue weighted by Gasteiger charge is -2.11. The molecule has 5 rings (SSSR count). The number of para-hydroxylation sites is 1. The zero-order valence-electron chi connectivity index (χ0n) is 18.6. The first-order valence-electron chi connectivity index (χ1n) is 10.7. The van der Waals surface area contributed by atoms with Crippen LogP contribution in [0.1, 0.15) is 26.4 Å².